The Kier molecular flexibility index (Phi) is 2.79. The second-order valence-electron chi connectivity index (χ2n) is 3.67. The molecule has 0 spiro atoms. The smallest absolute Gasteiger partial charge is 0.210 e. The maximum Gasteiger partial charge on any atom is 0.292 e. The van der Waals surface area contributed by atoms with Crippen LogP contribution in [-0.2, 0) is 14.8 Å². The summed E-state index contributed by atoms with van der Waals surface area (Å²) in [7, 11) is -3.91. The standard InChI is InChI=1S/C12H9NO3S/c1-9-2-3-11-7-12(5-4-10(11)6-9)17(15,16)13-8-14/h2-7H,1H3. The lowest BCUT2D eigenvalue weighted by Gasteiger charge is -2.02. The van der Waals surface area contributed by atoms with Gasteiger partial charge < -0.3 is 0 Å². The zero-order valence-electron chi connectivity index (χ0n) is 9.04. The molecule has 5 heteroatoms. The Bertz CT molecular complexity index is 728. The molecule has 4 nitrogen and oxygen atoms in total. The fourth-order valence-corrected chi connectivity index (χ4v) is 2.32. The second-order valence-corrected chi connectivity index (χ2v) is 5.27. The number of carbonyl (C=O) groups excluding carboxylic acids is 1. The van der Waals surface area contributed by atoms with E-state index < -0.39 is 10.0 Å². The average Bonchev–Trinajstić information content (AvgIpc) is 2.28. The Morgan fingerprint density at radius 3 is 2.41 bits per heavy atom. The zero-order valence-corrected chi connectivity index (χ0v) is 9.86. The molecule has 0 atom stereocenters. The van der Waals surface area contributed by atoms with Crippen molar-refractivity contribution in [1.82, 2.24) is 0 Å². The Morgan fingerprint density at radius 2 is 1.71 bits per heavy atom. The van der Waals surface area contributed by atoms with E-state index in [2.05, 4.69) is 4.40 Å². The first kappa shape index (κ1) is 11.5. The van der Waals surface area contributed by atoms with Crippen LogP contribution in [0.1, 0.15) is 5.56 Å². The van der Waals surface area contributed by atoms with Gasteiger partial charge in [0.05, 0.1) is 4.90 Å². The highest BCUT2D eigenvalue weighted by atomic mass is 32.2. The van der Waals surface area contributed by atoms with E-state index >= 15 is 0 Å². The molecule has 0 saturated carbocycles. The Balaban J connectivity index is 2.68. The van der Waals surface area contributed by atoms with Gasteiger partial charge in [0.1, 0.15) is 0 Å². The minimum atomic E-state index is -3.91. The van der Waals surface area contributed by atoms with Gasteiger partial charge in [-0.25, -0.2) is 4.79 Å². The maximum atomic E-state index is 11.5. The normalized spacial score (nSPS) is 11.1. The molecule has 0 aliphatic heterocycles. The molecule has 0 unspecified atom stereocenters. The summed E-state index contributed by atoms with van der Waals surface area (Å²) in [4.78, 5) is 10.0. The number of hydrogen-bond acceptors (Lipinski definition) is 3. The SMILES string of the molecule is Cc1ccc2cc(S(=O)(=O)N=C=O)ccc2c1. The Hall–Kier alpha value is -1.97. The molecule has 0 bridgehead atoms. The molecule has 0 heterocycles. The van der Waals surface area contributed by atoms with Crippen LogP contribution in [0.4, 0.5) is 0 Å². The molecule has 0 radical (unpaired) electrons. The topological polar surface area (TPSA) is 63.6 Å². The van der Waals surface area contributed by atoms with Crippen LogP contribution in [0.3, 0.4) is 0 Å². The van der Waals surface area contributed by atoms with E-state index in [-0.39, 0.29) is 4.90 Å². The molecule has 2 aromatic carbocycles. The van der Waals surface area contributed by atoms with Gasteiger partial charge in [0.2, 0.25) is 0 Å². The van der Waals surface area contributed by atoms with Crippen molar-refractivity contribution in [3.8, 4) is 0 Å². The van der Waals surface area contributed by atoms with Crippen LogP contribution in [0.5, 0.6) is 0 Å². The summed E-state index contributed by atoms with van der Waals surface area (Å²) in [5.41, 5.74) is 1.10. The first-order chi connectivity index (χ1) is 8.03. The molecule has 0 aromatic heterocycles. The van der Waals surface area contributed by atoms with Gasteiger partial charge in [0.25, 0.3) is 16.1 Å². The van der Waals surface area contributed by atoms with Crippen LogP contribution in [0, 0.1) is 6.92 Å². The first-order valence-electron chi connectivity index (χ1n) is 4.87. The van der Waals surface area contributed by atoms with Crippen LogP contribution in [0.15, 0.2) is 45.7 Å². The molecule has 17 heavy (non-hydrogen) atoms. The number of aryl methyl sites for hydroxylation is 1. The van der Waals surface area contributed by atoms with Gasteiger partial charge in [-0.15, -0.1) is 0 Å². The van der Waals surface area contributed by atoms with Gasteiger partial charge in [-0.1, -0.05) is 34.2 Å². The lowest BCUT2D eigenvalue weighted by Crippen LogP contribution is -1.95. The number of nitrogens with zero attached hydrogens (tertiary/aromatic N) is 1. The van der Waals surface area contributed by atoms with Gasteiger partial charge in [-0.3, -0.25) is 0 Å². The van der Waals surface area contributed by atoms with Gasteiger partial charge in [0.15, 0.2) is 0 Å². The third-order valence-corrected chi connectivity index (χ3v) is 3.59. The first-order valence-corrected chi connectivity index (χ1v) is 6.31. The summed E-state index contributed by atoms with van der Waals surface area (Å²) in [5, 5.41) is 1.73. The molecule has 0 amide bonds. The largest absolute Gasteiger partial charge is 0.292 e. The van der Waals surface area contributed by atoms with E-state index in [1.807, 2.05) is 25.1 Å². The van der Waals surface area contributed by atoms with Crippen molar-refractivity contribution in [3.63, 3.8) is 0 Å². The summed E-state index contributed by atoms with van der Waals surface area (Å²) >= 11 is 0. The molecular weight excluding hydrogens is 238 g/mol. The van der Waals surface area contributed by atoms with Gasteiger partial charge in [-0.2, -0.15) is 8.42 Å². The van der Waals surface area contributed by atoms with E-state index in [0.717, 1.165) is 22.4 Å². The van der Waals surface area contributed by atoms with E-state index in [4.69, 9.17) is 0 Å². The highest BCUT2D eigenvalue weighted by molar-refractivity contribution is 7.90. The minimum Gasteiger partial charge on any atom is -0.210 e. The summed E-state index contributed by atoms with van der Waals surface area (Å²) in [6.07, 6.45) is 1.05. The van der Waals surface area contributed by atoms with Crippen LogP contribution >= 0.6 is 0 Å². The monoisotopic (exact) mass is 247 g/mol. The van der Waals surface area contributed by atoms with Crippen LogP contribution in [0.2, 0.25) is 0 Å². The molecule has 0 saturated heterocycles. The van der Waals surface area contributed by atoms with Crippen molar-refractivity contribution in [2.24, 2.45) is 4.40 Å². The summed E-state index contributed by atoms with van der Waals surface area (Å²) in [6.45, 7) is 1.96. The van der Waals surface area contributed by atoms with E-state index in [1.165, 1.54) is 12.1 Å². The molecule has 0 fully saturated rings. The molecule has 2 aromatic rings. The highest BCUT2D eigenvalue weighted by Crippen LogP contribution is 2.21. The fraction of sp³-hybridized carbons (Fsp3) is 0.0833. The van der Waals surface area contributed by atoms with Crippen molar-refractivity contribution >= 4 is 26.9 Å². The minimum absolute atomic E-state index is 0.00259. The summed E-state index contributed by atoms with van der Waals surface area (Å²) in [6, 6.07) is 10.3. The van der Waals surface area contributed by atoms with Crippen LogP contribution in [0.25, 0.3) is 10.8 Å². The number of benzene rings is 2. The quantitative estimate of drug-likeness (QED) is 0.603. The summed E-state index contributed by atoms with van der Waals surface area (Å²) in [5.74, 6) is 0. The van der Waals surface area contributed by atoms with Crippen molar-refractivity contribution in [3.05, 3.63) is 42.0 Å². The summed E-state index contributed by atoms with van der Waals surface area (Å²) < 4.78 is 25.8. The van der Waals surface area contributed by atoms with Gasteiger partial charge in [0, 0.05) is 0 Å². The number of rotatable bonds is 2. The number of fused-ring (bicyclic) bond motifs is 1. The third kappa shape index (κ3) is 2.25. The van der Waals surface area contributed by atoms with Crippen LogP contribution < -0.4 is 0 Å². The van der Waals surface area contributed by atoms with Gasteiger partial charge >= 0.3 is 0 Å². The number of hydrogen-bond donors (Lipinski definition) is 0. The second kappa shape index (κ2) is 4.13. The van der Waals surface area contributed by atoms with Crippen LogP contribution in [-0.4, -0.2) is 14.5 Å². The zero-order chi connectivity index (χ0) is 12.5. The number of sulfonamides is 1. The third-order valence-electron chi connectivity index (χ3n) is 2.42. The van der Waals surface area contributed by atoms with Crippen molar-refractivity contribution in [2.75, 3.05) is 0 Å². The van der Waals surface area contributed by atoms with Crippen molar-refractivity contribution < 1.29 is 13.2 Å². The Morgan fingerprint density at radius 1 is 1.06 bits per heavy atom. The average molecular weight is 247 g/mol. The fourth-order valence-electron chi connectivity index (χ4n) is 1.61. The van der Waals surface area contributed by atoms with E-state index in [9.17, 15) is 13.2 Å². The molecular formula is C12H9NO3S. The maximum absolute atomic E-state index is 11.5. The number of isocyanates is 1. The molecule has 0 N–H and O–H groups in total. The highest BCUT2D eigenvalue weighted by Gasteiger charge is 2.12. The van der Waals surface area contributed by atoms with Crippen molar-refractivity contribution in [2.45, 2.75) is 11.8 Å². The lowest BCUT2D eigenvalue weighted by molar-refractivity contribution is 0.563. The predicted molar refractivity (Wildman–Crippen MR) is 64.0 cm³/mol. The molecule has 2 rings (SSSR count). The van der Waals surface area contributed by atoms with Gasteiger partial charge in [-0.05, 0) is 29.8 Å². The Labute approximate surface area is 98.7 Å². The predicted octanol–water partition coefficient (Wildman–Crippen LogP) is 2.17. The van der Waals surface area contributed by atoms with E-state index in [0.29, 0.717) is 0 Å². The van der Waals surface area contributed by atoms with Crippen molar-refractivity contribution in [1.29, 1.82) is 0 Å². The molecule has 86 valence electrons. The molecule has 0 aliphatic rings. The molecule has 0 aliphatic carbocycles. The van der Waals surface area contributed by atoms with E-state index in [1.54, 1.807) is 6.07 Å². The lowest BCUT2D eigenvalue weighted by atomic mass is 10.1.